The van der Waals surface area contributed by atoms with Gasteiger partial charge >= 0.3 is 5.97 Å². The van der Waals surface area contributed by atoms with Gasteiger partial charge in [-0.15, -0.1) is 0 Å². The number of carboxylic acid groups (broad SMARTS) is 1. The first-order chi connectivity index (χ1) is 12.1. The second kappa shape index (κ2) is 8.64. The molecule has 2 N–H and O–H groups in total. The summed E-state index contributed by atoms with van der Waals surface area (Å²) in [5.41, 5.74) is 0.667. The fraction of sp³-hybridized carbons (Fsp3) is 0.722. The van der Waals surface area contributed by atoms with Crippen molar-refractivity contribution >= 4 is 17.8 Å². The number of nitrogens with one attached hydrogen (secondary N) is 1. The lowest BCUT2D eigenvalue weighted by molar-refractivity contribution is -0.138. The van der Waals surface area contributed by atoms with Crippen LogP contribution in [-0.2, 0) is 15.0 Å². The average molecular weight is 366 g/mol. The van der Waals surface area contributed by atoms with E-state index < -0.39 is 5.97 Å². The molecule has 26 heavy (non-hydrogen) atoms. The molecule has 0 radical (unpaired) electrons. The van der Waals surface area contributed by atoms with Crippen LogP contribution in [0.15, 0.2) is 10.6 Å². The lowest BCUT2D eigenvalue weighted by atomic mass is 9.92. The number of likely N-dealkylation sites (tertiary alicyclic amines) is 1. The van der Waals surface area contributed by atoms with E-state index in [2.05, 4.69) is 15.4 Å². The number of carbonyl (C=O) groups excluding carboxylic acids is 1. The van der Waals surface area contributed by atoms with Gasteiger partial charge in [-0.1, -0.05) is 25.9 Å². The number of likely N-dealkylation sites (N-methyl/N-ethyl adjacent to an activating group) is 1. The van der Waals surface area contributed by atoms with Crippen LogP contribution in [0.1, 0.15) is 45.7 Å². The quantitative estimate of drug-likeness (QED) is 0.792. The summed E-state index contributed by atoms with van der Waals surface area (Å²) >= 11 is 0. The number of carbonyl (C=O) groups is 2. The Hall–Kier alpha value is -1.93. The molecule has 1 amide bonds. The van der Waals surface area contributed by atoms with Gasteiger partial charge in [0.25, 0.3) is 0 Å². The van der Waals surface area contributed by atoms with Crippen molar-refractivity contribution in [3.05, 3.63) is 11.8 Å². The maximum atomic E-state index is 12.3. The summed E-state index contributed by atoms with van der Waals surface area (Å²) in [7, 11) is 1.85. The molecule has 2 heterocycles. The van der Waals surface area contributed by atoms with Gasteiger partial charge in [-0.05, 0) is 32.9 Å². The van der Waals surface area contributed by atoms with Gasteiger partial charge in [-0.2, -0.15) is 0 Å². The van der Waals surface area contributed by atoms with Crippen molar-refractivity contribution in [3.8, 4) is 0 Å². The predicted octanol–water partition coefficient (Wildman–Crippen LogP) is 1.78. The fourth-order valence-corrected chi connectivity index (χ4v) is 3.15. The van der Waals surface area contributed by atoms with Crippen molar-refractivity contribution in [1.82, 2.24) is 15.0 Å². The van der Waals surface area contributed by atoms with Crippen LogP contribution >= 0.6 is 0 Å². The third-order valence-corrected chi connectivity index (χ3v) is 4.71. The minimum absolute atomic E-state index is 0.0484. The zero-order chi connectivity index (χ0) is 19.3. The third kappa shape index (κ3) is 6.10. The first kappa shape index (κ1) is 20.4. The highest BCUT2D eigenvalue weighted by Gasteiger charge is 2.23. The highest BCUT2D eigenvalue weighted by Crippen LogP contribution is 2.23. The molecule has 1 atom stereocenters. The summed E-state index contributed by atoms with van der Waals surface area (Å²) in [6, 6.07) is 2.00. The summed E-state index contributed by atoms with van der Waals surface area (Å²) in [4.78, 5) is 27.1. The number of hydrogen-bond acceptors (Lipinski definition) is 6. The van der Waals surface area contributed by atoms with Gasteiger partial charge in [0.15, 0.2) is 0 Å². The van der Waals surface area contributed by atoms with Crippen LogP contribution in [0.25, 0.3) is 0 Å². The van der Waals surface area contributed by atoms with Crippen LogP contribution in [0.2, 0.25) is 0 Å². The van der Waals surface area contributed by atoms with Crippen molar-refractivity contribution in [2.24, 2.45) is 0 Å². The zero-order valence-corrected chi connectivity index (χ0v) is 16.1. The number of nitrogens with zero attached hydrogens (tertiary/aromatic N) is 3. The van der Waals surface area contributed by atoms with E-state index in [0.29, 0.717) is 12.4 Å². The maximum absolute atomic E-state index is 12.3. The molecule has 0 saturated carbocycles. The summed E-state index contributed by atoms with van der Waals surface area (Å²) in [6.07, 6.45) is 2.74. The van der Waals surface area contributed by atoms with E-state index in [1.807, 2.05) is 32.7 Å². The Morgan fingerprint density at radius 2 is 2.12 bits per heavy atom. The Morgan fingerprint density at radius 1 is 1.38 bits per heavy atom. The third-order valence-electron chi connectivity index (χ3n) is 4.71. The van der Waals surface area contributed by atoms with E-state index in [1.54, 1.807) is 6.07 Å². The smallest absolute Gasteiger partial charge is 0.317 e. The number of carboxylic acids is 1. The second-order valence-electron chi connectivity index (χ2n) is 8.04. The van der Waals surface area contributed by atoms with Gasteiger partial charge < -0.3 is 9.63 Å². The fourth-order valence-electron chi connectivity index (χ4n) is 3.15. The molecular formula is C18H30N4O4. The van der Waals surface area contributed by atoms with Crippen LogP contribution in [0, 0.1) is 0 Å². The van der Waals surface area contributed by atoms with Crippen LogP contribution < -0.4 is 5.32 Å². The van der Waals surface area contributed by atoms with Gasteiger partial charge in [0.1, 0.15) is 0 Å². The van der Waals surface area contributed by atoms with Crippen LogP contribution in [0.5, 0.6) is 0 Å². The molecule has 0 aliphatic carbocycles. The highest BCUT2D eigenvalue weighted by molar-refractivity contribution is 5.91. The second-order valence-corrected chi connectivity index (χ2v) is 8.04. The summed E-state index contributed by atoms with van der Waals surface area (Å²) in [6.45, 7) is 8.04. The molecule has 8 heteroatoms. The van der Waals surface area contributed by atoms with Crippen molar-refractivity contribution < 1.29 is 19.2 Å². The van der Waals surface area contributed by atoms with Crippen LogP contribution in [-0.4, -0.2) is 71.2 Å². The monoisotopic (exact) mass is 366 g/mol. The molecule has 1 aromatic rings. The number of anilines is 1. The lowest BCUT2D eigenvalue weighted by Gasteiger charge is -2.25. The van der Waals surface area contributed by atoms with E-state index >= 15 is 0 Å². The molecule has 1 aromatic heterocycles. The predicted molar refractivity (Wildman–Crippen MR) is 98.2 cm³/mol. The Labute approximate surface area is 154 Å². The Bertz CT molecular complexity index is 623. The van der Waals surface area contributed by atoms with Gasteiger partial charge in [-0.3, -0.25) is 24.7 Å². The van der Waals surface area contributed by atoms with Crippen LogP contribution in [0.4, 0.5) is 5.88 Å². The van der Waals surface area contributed by atoms with Gasteiger partial charge in [0.05, 0.1) is 18.8 Å². The van der Waals surface area contributed by atoms with E-state index in [9.17, 15) is 9.59 Å². The van der Waals surface area contributed by atoms with E-state index in [4.69, 9.17) is 9.63 Å². The topological polar surface area (TPSA) is 98.9 Å². The average Bonchev–Trinajstić information content (AvgIpc) is 2.85. The maximum Gasteiger partial charge on any atom is 0.317 e. The standard InChI is InChI=1S/C18H30N4O4/c1-18(2,3)14-10-16(26-20-14)19-15(23)11-22-8-5-6-13(7-9-22)21(4)12-17(24)25/h10,13H,5-9,11-12H2,1-4H3,(H,19,23)(H,24,25). The number of hydrogen-bond donors (Lipinski definition) is 2. The Kier molecular flexibility index (Phi) is 6.77. The first-order valence-corrected chi connectivity index (χ1v) is 9.06. The van der Waals surface area contributed by atoms with E-state index in [0.717, 1.165) is 38.0 Å². The first-order valence-electron chi connectivity index (χ1n) is 9.06. The normalized spacial score (nSPS) is 19.3. The molecule has 2 rings (SSSR count). The van der Waals surface area contributed by atoms with Crippen molar-refractivity contribution in [2.45, 2.75) is 51.5 Å². The van der Waals surface area contributed by atoms with Crippen LogP contribution in [0.3, 0.4) is 0 Å². The largest absolute Gasteiger partial charge is 0.480 e. The minimum Gasteiger partial charge on any atom is -0.480 e. The van der Waals surface area contributed by atoms with Gasteiger partial charge in [-0.25, -0.2) is 0 Å². The molecule has 0 bridgehead atoms. The number of rotatable bonds is 6. The highest BCUT2D eigenvalue weighted by atomic mass is 16.5. The molecule has 1 fully saturated rings. The summed E-state index contributed by atoms with van der Waals surface area (Å²) < 4.78 is 5.20. The van der Waals surface area contributed by atoms with E-state index in [1.165, 1.54) is 0 Å². The van der Waals surface area contributed by atoms with E-state index in [-0.39, 0.29) is 23.9 Å². The SMILES string of the molecule is CN(CC(=O)O)C1CCCN(CC(=O)Nc2cc(C(C)(C)C)no2)CC1. The zero-order valence-electron chi connectivity index (χ0n) is 16.1. The molecule has 1 aliphatic rings. The lowest BCUT2D eigenvalue weighted by Crippen LogP contribution is -2.37. The molecule has 0 spiro atoms. The molecule has 8 nitrogen and oxygen atoms in total. The molecule has 146 valence electrons. The molecule has 1 unspecified atom stereocenters. The minimum atomic E-state index is -0.810. The molecular weight excluding hydrogens is 336 g/mol. The molecule has 1 aliphatic heterocycles. The van der Waals surface area contributed by atoms with Gasteiger partial charge in [0.2, 0.25) is 11.8 Å². The Balaban J connectivity index is 1.82. The van der Waals surface area contributed by atoms with Gasteiger partial charge in [0, 0.05) is 24.1 Å². The van der Waals surface area contributed by atoms with Crippen molar-refractivity contribution in [2.75, 3.05) is 38.5 Å². The molecule has 1 saturated heterocycles. The summed E-state index contributed by atoms with van der Waals surface area (Å²) in [5, 5.41) is 15.7. The number of aromatic nitrogens is 1. The Morgan fingerprint density at radius 3 is 2.73 bits per heavy atom. The molecule has 0 aromatic carbocycles. The van der Waals surface area contributed by atoms with Crippen molar-refractivity contribution in [1.29, 1.82) is 0 Å². The van der Waals surface area contributed by atoms with Crippen molar-refractivity contribution in [3.63, 3.8) is 0 Å². The number of amides is 1. The summed E-state index contributed by atoms with van der Waals surface area (Å²) in [5.74, 6) is -0.567. The number of aliphatic carboxylic acids is 1.